The van der Waals surface area contributed by atoms with Gasteiger partial charge in [0.1, 0.15) is 17.8 Å². The molecule has 0 radical (unpaired) electrons. The highest BCUT2D eigenvalue weighted by Crippen LogP contribution is 2.31. The minimum Gasteiger partial charge on any atom is -0.395 e. The number of carbonyl (C=O) groups is 1. The summed E-state index contributed by atoms with van der Waals surface area (Å²) in [5.41, 5.74) is 7.31. The van der Waals surface area contributed by atoms with Gasteiger partial charge in [-0.1, -0.05) is 0 Å². The minimum absolute atomic E-state index is 0.0247. The number of benzene rings is 1. The van der Waals surface area contributed by atoms with E-state index in [4.69, 9.17) is 10.8 Å². The fourth-order valence-electron chi connectivity index (χ4n) is 2.41. The van der Waals surface area contributed by atoms with Crippen LogP contribution in [0, 0.1) is 0 Å². The van der Waals surface area contributed by atoms with Crippen LogP contribution in [-0.4, -0.2) is 46.2 Å². The van der Waals surface area contributed by atoms with Gasteiger partial charge in [0.25, 0.3) is 0 Å². The van der Waals surface area contributed by atoms with E-state index in [-0.39, 0.29) is 6.61 Å². The van der Waals surface area contributed by atoms with Crippen LogP contribution in [0.4, 0.5) is 5.82 Å². The number of H-pyrrole nitrogens is 1. The molecule has 2 heterocycles. The molecular formula is C14H15N5O2. The van der Waals surface area contributed by atoms with Crippen LogP contribution < -0.4 is 10.6 Å². The molecule has 0 spiro atoms. The molecule has 7 nitrogen and oxygen atoms in total. The Labute approximate surface area is 120 Å². The number of anilines is 1. The molecular weight excluding hydrogens is 270 g/mol. The monoisotopic (exact) mass is 285 g/mol. The Balaban J connectivity index is 2.31. The Kier molecular flexibility index (Phi) is 3.19. The van der Waals surface area contributed by atoms with Gasteiger partial charge < -0.3 is 20.7 Å². The summed E-state index contributed by atoms with van der Waals surface area (Å²) in [5.74, 6) is 0.218. The van der Waals surface area contributed by atoms with E-state index in [0.29, 0.717) is 23.6 Å². The molecule has 1 aromatic carbocycles. The second kappa shape index (κ2) is 5.02. The van der Waals surface area contributed by atoms with E-state index in [1.54, 1.807) is 18.2 Å². The molecule has 0 aliphatic heterocycles. The van der Waals surface area contributed by atoms with Crippen LogP contribution in [0.15, 0.2) is 24.5 Å². The first kappa shape index (κ1) is 13.3. The van der Waals surface area contributed by atoms with Gasteiger partial charge in [0.15, 0.2) is 0 Å². The molecule has 4 N–H and O–H groups in total. The zero-order valence-electron chi connectivity index (χ0n) is 11.5. The van der Waals surface area contributed by atoms with Gasteiger partial charge in [-0.3, -0.25) is 4.79 Å². The van der Waals surface area contributed by atoms with Crippen LogP contribution >= 0.6 is 0 Å². The van der Waals surface area contributed by atoms with E-state index >= 15 is 0 Å². The number of aromatic amines is 1. The maximum atomic E-state index is 11.4. The summed E-state index contributed by atoms with van der Waals surface area (Å²) >= 11 is 0. The maximum absolute atomic E-state index is 11.4. The number of aromatic nitrogens is 3. The molecule has 0 fully saturated rings. The number of likely N-dealkylation sites (N-methyl/N-ethyl adjacent to an activating group) is 1. The fourth-order valence-corrected chi connectivity index (χ4v) is 2.41. The highest BCUT2D eigenvalue weighted by Gasteiger charge is 2.15. The number of fused-ring (bicyclic) bond motifs is 3. The Bertz CT molecular complexity index is 827. The molecule has 21 heavy (non-hydrogen) atoms. The average molecular weight is 285 g/mol. The molecule has 0 atom stereocenters. The normalized spacial score (nSPS) is 11.1. The quantitative estimate of drug-likeness (QED) is 0.652. The SMILES string of the molecule is CN(CCO)c1ncnc2[nH]c3ccc(C(N)=O)cc3c12. The van der Waals surface area contributed by atoms with Crippen LogP contribution in [0.25, 0.3) is 21.9 Å². The van der Waals surface area contributed by atoms with Crippen molar-refractivity contribution >= 4 is 33.7 Å². The maximum Gasteiger partial charge on any atom is 0.248 e. The van der Waals surface area contributed by atoms with Crippen molar-refractivity contribution in [2.24, 2.45) is 5.73 Å². The van der Waals surface area contributed by atoms with E-state index < -0.39 is 5.91 Å². The molecule has 0 aliphatic rings. The number of nitrogens with one attached hydrogen (secondary N) is 1. The van der Waals surface area contributed by atoms with E-state index in [0.717, 1.165) is 16.3 Å². The zero-order valence-corrected chi connectivity index (χ0v) is 11.5. The van der Waals surface area contributed by atoms with Crippen molar-refractivity contribution in [2.75, 3.05) is 25.1 Å². The smallest absolute Gasteiger partial charge is 0.248 e. The van der Waals surface area contributed by atoms with Crippen LogP contribution in [0.1, 0.15) is 10.4 Å². The number of carbonyl (C=O) groups excluding carboxylic acids is 1. The van der Waals surface area contributed by atoms with Gasteiger partial charge in [-0.25, -0.2) is 9.97 Å². The van der Waals surface area contributed by atoms with E-state index in [2.05, 4.69) is 15.0 Å². The number of nitrogens with two attached hydrogens (primary N) is 1. The predicted octanol–water partition coefficient (Wildman–Crippen LogP) is 0.638. The summed E-state index contributed by atoms with van der Waals surface area (Å²) in [6.45, 7) is 0.477. The first-order chi connectivity index (χ1) is 10.1. The number of aliphatic hydroxyl groups is 1. The summed E-state index contributed by atoms with van der Waals surface area (Å²) < 4.78 is 0. The predicted molar refractivity (Wildman–Crippen MR) is 80.3 cm³/mol. The molecule has 0 saturated carbocycles. The van der Waals surface area contributed by atoms with E-state index in [9.17, 15) is 4.79 Å². The van der Waals surface area contributed by atoms with Crippen molar-refractivity contribution in [3.8, 4) is 0 Å². The lowest BCUT2D eigenvalue weighted by molar-refractivity contribution is 0.100. The second-order valence-corrected chi connectivity index (χ2v) is 4.82. The Morgan fingerprint density at radius 2 is 2.24 bits per heavy atom. The van der Waals surface area contributed by atoms with Crippen molar-refractivity contribution in [1.29, 1.82) is 0 Å². The second-order valence-electron chi connectivity index (χ2n) is 4.82. The van der Waals surface area contributed by atoms with E-state index in [1.165, 1.54) is 6.33 Å². The molecule has 108 valence electrons. The van der Waals surface area contributed by atoms with Gasteiger partial charge in [0.2, 0.25) is 5.91 Å². The third-order valence-electron chi connectivity index (χ3n) is 3.45. The van der Waals surface area contributed by atoms with Crippen molar-refractivity contribution in [3.63, 3.8) is 0 Å². The summed E-state index contributed by atoms with van der Waals surface area (Å²) in [6.07, 6.45) is 1.47. The van der Waals surface area contributed by atoms with Gasteiger partial charge >= 0.3 is 0 Å². The number of hydrogen-bond acceptors (Lipinski definition) is 5. The standard InChI is InChI=1S/C14H15N5O2/c1-19(4-5-20)14-11-9-6-8(12(15)21)2-3-10(9)18-13(11)16-7-17-14/h2-3,6-7,20H,4-5H2,1H3,(H2,15,21)(H,16,17,18). The molecule has 2 aromatic heterocycles. The summed E-state index contributed by atoms with van der Waals surface area (Å²) in [7, 11) is 1.84. The van der Waals surface area contributed by atoms with Crippen LogP contribution in [0.3, 0.4) is 0 Å². The Morgan fingerprint density at radius 1 is 1.43 bits per heavy atom. The lowest BCUT2D eigenvalue weighted by atomic mass is 10.1. The first-order valence-electron chi connectivity index (χ1n) is 6.50. The summed E-state index contributed by atoms with van der Waals surface area (Å²) in [4.78, 5) is 24.9. The lowest BCUT2D eigenvalue weighted by Crippen LogP contribution is -2.22. The summed E-state index contributed by atoms with van der Waals surface area (Å²) in [5, 5.41) is 10.7. The number of aliphatic hydroxyl groups excluding tert-OH is 1. The molecule has 7 heteroatoms. The van der Waals surface area contributed by atoms with Crippen molar-refractivity contribution < 1.29 is 9.90 Å². The highest BCUT2D eigenvalue weighted by molar-refractivity contribution is 6.13. The third kappa shape index (κ3) is 2.17. The molecule has 0 aliphatic carbocycles. The molecule has 3 aromatic rings. The molecule has 3 rings (SSSR count). The first-order valence-corrected chi connectivity index (χ1v) is 6.50. The number of primary amides is 1. The zero-order chi connectivity index (χ0) is 15.0. The fraction of sp³-hybridized carbons (Fsp3) is 0.214. The number of nitrogens with zero attached hydrogens (tertiary/aromatic N) is 3. The third-order valence-corrected chi connectivity index (χ3v) is 3.45. The number of rotatable bonds is 4. The van der Waals surface area contributed by atoms with Gasteiger partial charge in [-0.15, -0.1) is 0 Å². The molecule has 0 unspecified atom stereocenters. The molecule has 0 saturated heterocycles. The van der Waals surface area contributed by atoms with Crippen molar-refractivity contribution in [3.05, 3.63) is 30.1 Å². The largest absolute Gasteiger partial charge is 0.395 e. The summed E-state index contributed by atoms with van der Waals surface area (Å²) in [6, 6.07) is 5.20. The van der Waals surface area contributed by atoms with Crippen molar-refractivity contribution in [1.82, 2.24) is 15.0 Å². The number of amides is 1. The molecule has 1 amide bonds. The van der Waals surface area contributed by atoms with Gasteiger partial charge in [0, 0.05) is 30.1 Å². The molecule has 0 bridgehead atoms. The Morgan fingerprint density at radius 3 is 2.95 bits per heavy atom. The van der Waals surface area contributed by atoms with Crippen molar-refractivity contribution in [2.45, 2.75) is 0 Å². The van der Waals surface area contributed by atoms with Crippen LogP contribution in [-0.2, 0) is 0 Å². The average Bonchev–Trinajstić information content (AvgIpc) is 2.84. The van der Waals surface area contributed by atoms with Crippen LogP contribution in [0.5, 0.6) is 0 Å². The van der Waals surface area contributed by atoms with Gasteiger partial charge in [0.05, 0.1) is 12.0 Å². The van der Waals surface area contributed by atoms with E-state index in [1.807, 2.05) is 11.9 Å². The van der Waals surface area contributed by atoms with Gasteiger partial charge in [-0.2, -0.15) is 0 Å². The topological polar surface area (TPSA) is 108 Å². The lowest BCUT2D eigenvalue weighted by Gasteiger charge is -2.17. The van der Waals surface area contributed by atoms with Crippen LogP contribution in [0.2, 0.25) is 0 Å². The highest BCUT2D eigenvalue weighted by atomic mass is 16.3. The van der Waals surface area contributed by atoms with Gasteiger partial charge in [-0.05, 0) is 18.2 Å². The minimum atomic E-state index is -0.478. The Hall–Kier alpha value is -2.67. The number of hydrogen-bond donors (Lipinski definition) is 3.